The van der Waals surface area contributed by atoms with Gasteiger partial charge < -0.3 is 15.0 Å². The van der Waals surface area contributed by atoms with Crippen molar-refractivity contribution in [3.63, 3.8) is 0 Å². The van der Waals surface area contributed by atoms with Gasteiger partial charge in [-0.2, -0.15) is 13.2 Å². The van der Waals surface area contributed by atoms with Gasteiger partial charge in [0.25, 0.3) is 5.91 Å². The molecular formula is C27H25F3N2O2. The predicted molar refractivity (Wildman–Crippen MR) is 128 cm³/mol. The maximum Gasteiger partial charge on any atom is 0.419 e. The first-order chi connectivity index (χ1) is 16.3. The van der Waals surface area contributed by atoms with Crippen LogP contribution < -0.4 is 10.1 Å². The molecule has 34 heavy (non-hydrogen) atoms. The molecule has 1 N–H and O–H groups in total. The topological polar surface area (TPSA) is 41.6 Å². The Bertz CT molecular complexity index is 1220. The zero-order chi connectivity index (χ0) is 24.3. The molecule has 3 aromatic rings. The lowest BCUT2D eigenvalue weighted by atomic mass is 9.93. The van der Waals surface area contributed by atoms with Crippen LogP contribution >= 0.6 is 0 Å². The molecule has 1 aliphatic rings. The third-order valence-electron chi connectivity index (χ3n) is 5.90. The first-order valence-corrected chi connectivity index (χ1v) is 10.9. The van der Waals surface area contributed by atoms with Gasteiger partial charge in [0.15, 0.2) is 0 Å². The van der Waals surface area contributed by atoms with Crippen LogP contribution in [0.2, 0.25) is 0 Å². The number of rotatable bonds is 5. The molecular weight excluding hydrogens is 441 g/mol. The molecule has 0 unspecified atom stereocenters. The number of nitrogens with zero attached hydrogens (tertiary/aromatic N) is 1. The normalized spacial score (nSPS) is 14.1. The Labute approximate surface area is 196 Å². The summed E-state index contributed by atoms with van der Waals surface area (Å²) in [7, 11) is 3.20. The zero-order valence-electron chi connectivity index (χ0n) is 18.9. The molecule has 3 aromatic carbocycles. The van der Waals surface area contributed by atoms with E-state index in [9.17, 15) is 18.0 Å². The van der Waals surface area contributed by atoms with E-state index in [1.165, 1.54) is 18.7 Å². The highest BCUT2D eigenvalue weighted by Crippen LogP contribution is 2.37. The fraction of sp³-hybridized carbons (Fsp3) is 0.222. The van der Waals surface area contributed by atoms with Crippen molar-refractivity contribution in [3.8, 4) is 5.75 Å². The van der Waals surface area contributed by atoms with Crippen LogP contribution in [0.1, 0.15) is 38.2 Å². The minimum atomic E-state index is -4.64. The maximum absolute atomic E-state index is 13.4. The molecule has 0 fully saturated rings. The molecule has 0 spiro atoms. The maximum atomic E-state index is 13.4. The van der Waals surface area contributed by atoms with E-state index in [-0.39, 0.29) is 11.3 Å². The third-order valence-corrected chi connectivity index (χ3v) is 5.90. The van der Waals surface area contributed by atoms with E-state index in [1.54, 1.807) is 0 Å². The first kappa shape index (κ1) is 23.6. The fourth-order valence-electron chi connectivity index (χ4n) is 4.10. The number of benzene rings is 3. The van der Waals surface area contributed by atoms with Crippen molar-refractivity contribution in [2.24, 2.45) is 0 Å². The Morgan fingerprint density at radius 2 is 1.82 bits per heavy atom. The van der Waals surface area contributed by atoms with Crippen LogP contribution in [-0.4, -0.2) is 31.5 Å². The summed E-state index contributed by atoms with van der Waals surface area (Å²) in [6.07, 6.45) is 0.175. The second kappa shape index (κ2) is 9.73. The molecule has 0 aromatic heterocycles. The van der Waals surface area contributed by atoms with Crippen LogP contribution in [0.5, 0.6) is 5.75 Å². The van der Waals surface area contributed by atoms with Crippen LogP contribution in [0.4, 0.5) is 18.9 Å². The van der Waals surface area contributed by atoms with E-state index >= 15 is 0 Å². The molecule has 4 nitrogen and oxygen atoms in total. The molecule has 0 atom stereocenters. The number of ether oxygens (including phenoxy) is 1. The quantitative estimate of drug-likeness (QED) is 0.461. The Kier molecular flexibility index (Phi) is 6.75. The van der Waals surface area contributed by atoms with Crippen molar-refractivity contribution in [2.75, 3.05) is 26.0 Å². The fourth-order valence-corrected chi connectivity index (χ4v) is 4.10. The lowest BCUT2D eigenvalue weighted by Gasteiger charge is -2.27. The van der Waals surface area contributed by atoms with Gasteiger partial charge in [-0.05, 0) is 54.4 Å². The van der Waals surface area contributed by atoms with Crippen molar-refractivity contribution in [1.82, 2.24) is 4.90 Å². The van der Waals surface area contributed by atoms with Gasteiger partial charge in [0.2, 0.25) is 0 Å². The first-order valence-electron chi connectivity index (χ1n) is 10.9. The number of amides is 1. The number of methoxy groups -OCH3 is 1. The second-order valence-electron chi connectivity index (χ2n) is 8.26. The summed E-state index contributed by atoms with van der Waals surface area (Å²) in [4.78, 5) is 15.2. The van der Waals surface area contributed by atoms with Crippen molar-refractivity contribution < 1.29 is 22.7 Å². The Morgan fingerprint density at radius 1 is 1.06 bits per heavy atom. The van der Waals surface area contributed by atoms with Gasteiger partial charge in [0, 0.05) is 29.9 Å². The highest BCUT2D eigenvalue weighted by Gasteiger charge is 2.35. The average molecular weight is 467 g/mol. The zero-order valence-corrected chi connectivity index (χ0v) is 18.9. The van der Waals surface area contributed by atoms with Gasteiger partial charge in [-0.3, -0.25) is 4.79 Å². The summed E-state index contributed by atoms with van der Waals surface area (Å²) < 4.78 is 45.1. The number of anilines is 1. The molecule has 4 rings (SSSR count). The highest BCUT2D eigenvalue weighted by atomic mass is 19.4. The molecule has 1 heterocycles. The van der Waals surface area contributed by atoms with E-state index in [0.717, 1.165) is 41.8 Å². The van der Waals surface area contributed by atoms with Crippen molar-refractivity contribution in [2.45, 2.75) is 19.1 Å². The molecule has 1 amide bonds. The van der Waals surface area contributed by atoms with E-state index < -0.39 is 17.6 Å². The summed E-state index contributed by atoms with van der Waals surface area (Å²) in [5.74, 6) is -0.945. The number of hydrogen-bond donors (Lipinski definition) is 1. The van der Waals surface area contributed by atoms with Gasteiger partial charge in [-0.15, -0.1) is 0 Å². The van der Waals surface area contributed by atoms with E-state index in [4.69, 9.17) is 4.74 Å². The lowest BCUT2D eigenvalue weighted by Crippen LogP contribution is -2.27. The molecule has 0 bridgehead atoms. The van der Waals surface area contributed by atoms with Crippen LogP contribution in [0.15, 0.2) is 60.7 Å². The number of fused-ring (bicyclic) bond motifs is 1. The SMILES string of the molecule is COc1ccc(C(=O)Nc2ccc3c(c2/C=C/c2ccccc2)CN(C)CC3)cc1C(F)(F)F. The summed E-state index contributed by atoms with van der Waals surface area (Å²) in [6, 6.07) is 16.9. The summed E-state index contributed by atoms with van der Waals surface area (Å²) in [5, 5.41) is 2.83. The summed E-state index contributed by atoms with van der Waals surface area (Å²) >= 11 is 0. The third kappa shape index (κ3) is 5.15. The smallest absolute Gasteiger partial charge is 0.419 e. The number of alkyl halides is 3. The van der Waals surface area contributed by atoms with E-state index in [1.807, 2.05) is 61.7 Å². The molecule has 0 radical (unpaired) electrons. The van der Waals surface area contributed by atoms with E-state index in [0.29, 0.717) is 12.2 Å². The number of nitrogens with one attached hydrogen (secondary N) is 1. The molecule has 1 aliphatic heterocycles. The second-order valence-corrected chi connectivity index (χ2v) is 8.26. The van der Waals surface area contributed by atoms with Crippen molar-refractivity contribution in [1.29, 1.82) is 0 Å². The molecule has 0 saturated heterocycles. The van der Waals surface area contributed by atoms with E-state index in [2.05, 4.69) is 10.2 Å². The van der Waals surface area contributed by atoms with Crippen molar-refractivity contribution in [3.05, 3.63) is 94.0 Å². The number of carbonyl (C=O) groups is 1. The highest BCUT2D eigenvalue weighted by molar-refractivity contribution is 6.06. The molecule has 176 valence electrons. The monoisotopic (exact) mass is 466 g/mol. The molecule has 7 heteroatoms. The Hall–Kier alpha value is -3.58. The standard InChI is InChI=1S/C27H25F3N2O2/c1-32-15-14-19-9-12-24(21(22(19)17-32)11-8-18-6-4-3-5-7-18)31-26(33)20-10-13-25(34-2)23(16-20)27(28,29)30/h3-13,16H,14-15,17H2,1-2H3,(H,31,33)/b11-8+. The minimum absolute atomic E-state index is 0.0963. The van der Waals surface area contributed by atoms with Gasteiger partial charge in [0.1, 0.15) is 5.75 Å². The predicted octanol–water partition coefficient (Wildman–Crippen LogP) is 6.12. The minimum Gasteiger partial charge on any atom is -0.496 e. The van der Waals surface area contributed by atoms with Crippen LogP contribution in [0, 0.1) is 0 Å². The number of carbonyl (C=O) groups excluding carboxylic acids is 1. The lowest BCUT2D eigenvalue weighted by molar-refractivity contribution is -0.138. The van der Waals surface area contributed by atoms with Gasteiger partial charge in [0.05, 0.1) is 12.7 Å². The number of halogens is 3. The largest absolute Gasteiger partial charge is 0.496 e. The summed E-state index contributed by atoms with van der Waals surface area (Å²) in [6.45, 7) is 1.65. The number of hydrogen-bond acceptors (Lipinski definition) is 3. The van der Waals surface area contributed by atoms with Crippen LogP contribution in [0.3, 0.4) is 0 Å². The Morgan fingerprint density at radius 3 is 2.53 bits per heavy atom. The summed E-state index contributed by atoms with van der Waals surface area (Å²) in [5.41, 5.74) is 3.63. The van der Waals surface area contributed by atoms with Crippen molar-refractivity contribution >= 4 is 23.7 Å². The Balaban J connectivity index is 1.71. The average Bonchev–Trinajstić information content (AvgIpc) is 2.82. The van der Waals surface area contributed by atoms with Gasteiger partial charge >= 0.3 is 6.18 Å². The van der Waals surface area contributed by atoms with Crippen LogP contribution in [-0.2, 0) is 19.1 Å². The molecule has 0 aliphatic carbocycles. The van der Waals surface area contributed by atoms with Crippen LogP contribution in [0.25, 0.3) is 12.2 Å². The molecule has 0 saturated carbocycles. The number of likely N-dealkylation sites (N-methyl/N-ethyl adjacent to an activating group) is 1. The van der Waals surface area contributed by atoms with Gasteiger partial charge in [-0.25, -0.2) is 0 Å². The van der Waals surface area contributed by atoms with Gasteiger partial charge in [-0.1, -0.05) is 48.6 Å².